The van der Waals surface area contributed by atoms with E-state index in [4.69, 9.17) is 4.42 Å². The van der Waals surface area contributed by atoms with E-state index in [9.17, 15) is 4.79 Å². The molecule has 0 aliphatic heterocycles. The van der Waals surface area contributed by atoms with Crippen molar-refractivity contribution in [1.82, 2.24) is 20.6 Å². The summed E-state index contributed by atoms with van der Waals surface area (Å²) in [5, 5.41) is 14.4. The van der Waals surface area contributed by atoms with Crippen molar-refractivity contribution in [2.45, 2.75) is 0 Å². The van der Waals surface area contributed by atoms with Crippen molar-refractivity contribution in [3.63, 3.8) is 0 Å². The zero-order valence-corrected chi connectivity index (χ0v) is 9.88. The number of tetrazole rings is 1. The molecule has 0 N–H and O–H groups in total. The third-order valence-corrected chi connectivity index (χ3v) is 2.79. The lowest BCUT2D eigenvalue weighted by Crippen LogP contribution is -2.06. The summed E-state index contributed by atoms with van der Waals surface area (Å²) >= 11 is 3.30. The summed E-state index contributed by atoms with van der Waals surface area (Å²) in [7, 11) is 0. The van der Waals surface area contributed by atoms with Crippen LogP contribution in [0.5, 0.6) is 0 Å². The third-order valence-electron chi connectivity index (χ3n) is 2.29. The zero-order valence-electron chi connectivity index (χ0n) is 8.29. The zero-order chi connectivity index (χ0) is 11.8. The largest absolute Gasteiger partial charge is 0.463 e. The van der Waals surface area contributed by atoms with E-state index in [0.717, 1.165) is 4.47 Å². The molecule has 0 fully saturated rings. The number of nitrogens with zero attached hydrogens (tertiary/aromatic N) is 4. The predicted octanol–water partition coefficient (Wildman–Crippen LogP) is 1.36. The van der Waals surface area contributed by atoms with Crippen LogP contribution in [-0.2, 0) is 0 Å². The molecule has 84 valence electrons. The van der Waals surface area contributed by atoms with Crippen LogP contribution in [0.25, 0.3) is 22.4 Å². The Labute approximate surface area is 103 Å². The molecule has 0 radical (unpaired) electrons. The Bertz CT molecular complexity index is 736. The summed E-state index contributed by atoms with van der Waals surface area (Å²) in [6.07, 6.45) is 1.32. The number of halogens is 1. The summed E-state index contributed by atoms with van der Waals surface area (Å²) in [4.78, 5) is 12.2. The first-order chi connectivity index (χ1) is 8.25. The van der Waals surface area contributed by atoms with Gasteiger partial charge in [0.1, 0.15) is 11.8 Å². The minimum Gasteiger partial charge on any atom is -0.463 e. The summed E-state index contributed by atoms with van der Waals surface area (Å²) < 4.78 is 6.15. The van der Waals surface area contributed by atoms with E-state index < -0.39 is 0 Å². The molecule has 0 aliphatic rings. The Kier molecular flexibility index (Phi) is 2.25. The predicted molar refractivity (Wildman–Crippen MR) is 62.3 cm³/mol. The Morgan fingerprint density at radius 1 is 1.35 bits per heavy atom. The van der Waals surface area contributed by atoms with E-state index in [1.165, 1.54) is 6.26 Å². The number of rotatable bonds is 1. The van der Waals surface area contributed by atoms with E-state index in [2.05, 4.69) is 36.6 Å². The van der Waals surface area contributed by atoms with Gasteiger partial charge >= 0.3 is 0 Å². The maximum absolute atomic E-state index is 12.2. The lowest BCUT2D eigenvalue weighted by molar-refractivity contribution is 0.604. The van der Waals surface area contributed by atoms with Crippen LogP contribution in [0.2, 0.25) is 0 Å². The van der Waals surface area contributed by atoms with Crippen LogP contribution in [0.15, 0.2) is 38.1 Å². The highest BCUT2D eigenvalue weighted by atomic mass is 79.9. The summed E-state index contributed by atoms with van der Waals surface area (Å²) in [6.45, 7) is 0. The second-order valence-electron chi connectivity index (χ2n) is 3.32. The van der Waals surface area contributed by atoms with Gasteiger partial charge in [-0.3, -0.25) is 15.1 Å². The van der Waals surface area contributed by atoms with Crippen LogP contribution in [-0.4, -0.2) is 15.5 Å². The van der Waals surface area contributed by atoms with Gasteiger partial charge in [0, 0.05) is 10.3 Å². The van der Waals surface area contributed by atoms with Gasteiger partial charge in [-0.25, -0.2) is 0 Å². The number of aromatic nitrogens is 4. The standard InChI is InChI=1S/C10H4BrN4O2/c11-5-1-2-8-6(3-5)9(16)7(4-17-8)10-12-14-15-13-10/h1-4H/q-1. The third kappa shape index (κ3) is 1.64. The first kappa shape index (κ1) is 10.2. The molecule has 2 heterocycles. The van der Waals surface area contributed by atoms with Gasteiger partial charge in [-0.05, 0) is 18.2 Å². The van der Waals surface area contributed by atoms with Gasteiger partial charge in [-0.1, -0.05) is 15.9 Å². The van der Waals surface area contributed by atoms with Gasteiger partial charge in [0.25, 0.3) is 0 Å². The van der Waals surface area contributed by atoms with Gasteiger partial charge in [0.15, 0.2) is 0 Å². The smallest absolute Gasteiger partial charge is 0.200 e. The average Bonchev–Trinajstić information content (AvgIpc) is 2.84. The van der Waals surface area contributed by atoms with Gasteiger partial charge in [0.05, 0.1) is 10.9 Å². The maximum atomic E-state index is 12.2. The Morgan fingerprint density at radius 2 is 2.24 bits per heavy atom. The van der Waals surface area contributed by atoms with Crippen molar-refractivity contribution in [3.05, 3.63) is 39.2 Å². The SMILES string of the molecule is O=c1c(-c2nnn[n-]2)coc2ccc(Br)cc12. The van der Waals surface area contributed by atoms with Crippen LogP contribution < -0.4 is 10.5 Å². The van der Waals surface area contributed by atoms with Crippen molar-refractivity contribution >= 4 is 26.9 Å². The topological polar surface area (TPSA) is 83.0 Å². The fraction of sp³-hybridized carbons (Fsp3) is 0. The molecule has 3 rings (SSSR count). The molecular weight excluding hydrogens is 288 g/mol. The quantitative estimate of drug-likeness (QED) is 0.673. The van der Waals surface area contributed by atoms with Gasteiger partial charge in [0.2, 0.25) is 5.43 Å². The van der Waals surface area contributed by atoms with Crippen LogP contribution in [0.3, 0.4) is 0 Å². The second kappa shape index (κ2) is 3.77. The summed E-state index contributed by atoms with van der Waals surface area (Å²) in [6, 6.07) is 5.20. The molecule has 6 nitrogen and oxygen atoms in total. The molecule has 0 bridgehead atoms. The van der Waals surface area contributed by atoms with E-state index in [0.29, 0.717) is 11.0 Å². The minimum atomic E-state index is -0.206. The highest BCUT2D eigenvalue weighted by Gasteiger charge is 2.08. The Balaban J connectivity index is 2.36. The number of benzene rings is 1. The first-order valence-corrected chi connectivity index (χ1v) is 5.45. The highest BCUT2D eigenvalue weighted by molar-refractivity contribution is 9.10. The molecular formula is C10H4BrN4O2-. The second-order valence-corrected chi connectivity index (χ2v) is 4.24. The lowest BCUT2D eigenvalue weighted by atomic mass is 10.2. The molecule has 3 aromatic rings. The van der Waals surface area contributed by atoms with E-state index >= 15 is 0 Å². The molecule has 7 heteroatoms. The van der Waals surface area contributed by atoms with Crippen molar-refractivity contribution in [2.24, 2.45) is 0 Å². The fourth-order valence-electron chi connectivity index (χ4n) is 1.51. The molecule has 0 atom stereocenters. The van der Waals surface area contributed by atoms with E-state index in [1.54, 1.807) is 18.2 Å². The van der Waals surface area contributed by atoms with E-state index in [-0.39, 0.29) is 16.8 Å². The summed E-state index contributed by atoms with van der Waals surface area (Å²) in [5.74, 6) is 0.167. The molecule has 2 aromatic heterocycles. The number of fused-ring (bicyclic) bond motifs is 1. The highest BCUT2D eigenvalue weighted by Crippen LogP contribution is 2.19. The van der Waals surface area contributed by atoms with Crippen molar-refractivity contribution in [2.75, 3.05) is 0 Å². The number of hydrogen-bond acceptors (Lipinski definition) is 5. The van der Waals surface area contributed by atoms with Gasteiger partial charge < -0.3 is 9.52 Å². The van der Waals surface area contributed by atoms with Crippen molar-refractivity contribution in [1.29, 1.82) is 0 Å². The molecule has 0 saturated heterocycles. The average molecular weight is 292 g/mol. The molecule has 0 unspecified atom stereocenters. The van der Waals surface area contributed by atoms with Crippen molar-refractivity contribution < 1.29 is 4.42 Å². The maximum Gasteiger partial charge on any atom is 0.200 e. The fourth-order valence-corrected chi connectivity index (χ4v) is 1.87. The Hall–Kier alpha value is -2.02. The molecule has 1 aromatic carbocycles. The summed E-state index contributed by atoms with van der Waals surface area (Å²) in [5.41, 5.74) is 0.553. The van der Waals surface area contributed by atoms with E-state index in [1.807, 2.05) is 0 Å². The van der Waals surface area contributed by atoms with Crippen LogP contribution in [0.4, 0.5) is 0 Å². The van der Waals surface area contributed by atoms with Crippen LogP contribution in [0.1, 0.15) is 0 Å². The van der Waals surface area contributed by atoms with Crippen LogP contribution >= 0.6 is 15.9 Å². The minimum absolute atomic E-state index is 0.167. The van der Waals surface area contributed by atoms with Gasteiger partial charge in [-0.15, -0.1) is 0 Å². The number of hydrogen-bond donors (Lipinski definition) is 0. The molecule has 17 heavy (non-hydrogen) atoms. The molecule has 0 amide bonds. The van der Waals surface area contributed by atoms with Crippen LogP contribution in [0, 0.1) is 0 Å². The molecule has 0 aliphatic carbocycles. The molecule has 0 spiro atoms. The monoisotopic (exact) mass is 291 g/mol. The normalized spacial score (nSPS) is 10.9. The van der Waals surface area contributed by atoms with Gasteiger partial charge in [-0.2, -0.15) is 5.21 Å². The van der Waals surface area contributed by atoms with Crippen molar-refractivity contribution in [3.8, 4) is 11.4 Å². The lowest BCUT2D eigenvalue weighted by Gasteiger charge is -2.01. The Morgan fingerprint density at radius 3 is 3.00 bits per heavy atom. The molecule has 0 saturated carbocycles. The first-order valence-electron chi connectivity index (χ1n) is 4.66.